The quantitative estimate of drug-likeness (QED) is 0.431. The monoisotopic (exact) mass is 481 g/mol. The molecule has 0 bridgehead atoms. The number of fused-ring (bicyclic) bond motifs is 1. The van der Waals surface area contributed by atoms with Crippen molar-refractivity contribution in [3.05, 3.63) is 77.5 Å². The maximum absolute atomic E-state index is 13.5. The van der Waals surface area contributed by atoms with Crippen LogP contribution in [0.1, 0.15) is 21.5 Å². The molecule has 10 heteroatoms. The highest BCUT2D eigenvalue weighted by Crippen LogP contribution is 2.36. The Morgan fingerprint density at radius 3 is 2.60 bits per heavy atom. The number of rotatable bonds is 5. The van der Waals surface area contributed by atoms with E-state index < -0.39 is 17.6 Å². The lowest BCUT2D eigenvalue weighted by molar-refractivity contribution is -0.137. The van der Waals surface area contributed by atoms with Gasteiger partial charge in [0.05, 0.1) is 29.9 Å². The van der Waals surface area contributed by atoms with Gasteiger partial charge in [-0.3, -0.25) is 9.69 Å². The molecule has 4 aromatic rings. The second-order valence-corrected chi connectivity index (χ2v) is 8.22. The van der Waals surface area contributed by atoms with Crippen LogP contribution in [0.25, 0.3) is 22.4 Å². The van der Waals surface area contributed by atoms with Crippen molar-refractivity contribution >= 4 is 22.8 Å². The van der Waals surface area contributed by atoms with Gasteiger partial charge >= 0.3 is 6.18 Å². The molecule has 0 atom stereocenters. The normalized spacial score (nSPS) is 14.8. The van der Waals surface area contributed by atoms with Crippen LogP contribution in [0.2, 0.25) is 0 Å². The van der Waals surface area contributed by atoms with Crippen LogP contribution in [0.4, 0.5) is 19.0 Å². The first-order valence-corrected chi connectivity index (χ1v) is 11.1. The first-order chi connectivity index (χ1) is 16.9. The average Bonchev–Trinajstić information content (AvgIpc) is 3.30. The molecule has 3 heterocycles. The fourth-order valence-corrected chi connectivity index (χ4v) is 4.07. The van der Waals surface area contributed by atoms with Crippen molar-refractivity contribution in [3.8, 4) is 11.4 Å². The minimum atomic E-state index is -4.53. The summed E-state index contributed by atoms with van der Waals surface area (Å²) in [6.45, 7) is 3.90. The van der Waals surface area contributed by atoms with Crippen molar-refractivity contribution in [1.82, 2.24) is 19.9 Å². The summed E-state index contributed by atoms with van der Waals surface area (Å²) in [7, 11) is 0. The Bertz CT molecular complexity index is 1350. The molecule has 2 aromatic carbocycles. The Balaban J connectivity index is 1.37. The van der Waals surface area contributed by atoms with Gasteiger partial charge in [0, 0.05) is 31.4 Å². The van der Waals surface area contributed by atoms with Crippen LogP contribution in [0.5, 0.6) is 0 Å². The summed E-state index contributed by atoms with van der Waals surface area (Å²) in [6.07, 6.45) is -2.82. The van der Waals surface area contributed by atoms with E-state index in [1.54, 1.807) is 30.5 Å². The third-order valence-corrected chi connectivity index (χ3v) is 5.82. The fourth-order valence-electron chi connectivity index (χ4n) is 4.07. The van der Waals surface area contributed by atoms with Crippen molar-refractivity contribution in [2.75, 3.05) is 31.6 Å². The van der Waals surface area contributed by atoms with Crippen molar-refractivity contribution in [2.24, 2.45) is 0 Å². The third-order valence-electron chi connectivity index (χ3n) is 5.82. The van der Waals surface area contributed by atoms with Gasteiger partial charge in [0.25, 0.3) is 5.91 Å². The van der Waals surface area contributed by atoms with Crippen molar-refractivity contribution < 1.29 is 22.7 Å². The number of imidazole rings is 1. The lowest BCUT2D eigenvalue weighted by Crippen LogP contribution is -2.35. The van der Waals surface area contributed by atoms with E-state index in [0.29, 0.717) is 24.5 Å². The zero-order valence-corrected chi connectivity index (χ0v) is 18.6. The Morgan fingerprint density at radius 2 is 1.86 bits per heavy atom. The number of hydrogen-bond acceptors (Lipinski definition) is 5. The van der Waals surface area contributed by atoms with E-state index in [-0.39, 0.29) is 22.5 Å². The summed E-state index contributed by atoms with van der Waals surface area (Å²) < 4.78 is 45.8. The molecule has 1 amide bonds. The maximum Gasteiger partial charge on any atom is 0.417 e. The molecule has 1 saturated heterocycles. The first-order valence-electron chi connectivity index (χ1n) is 11.1. The molecule has 5 rings (SSSR count). The van der Waals surface area contributed by atoms with Crippen LogP contribution >= 0.6 is 0 Å². The second-order valence-electron chi connectivity index (χ2n) is 8.22. The lowest BCUT2D eigenvalue weighted by atomic mass is 10.1. The van der Waals surface area contributed by atoms with Gasteiger partial charge in [0.15, 0.2) is 0 Å². The van der Waals surface area contributed by atoms with E-state index in [9.17, 15) is 18.0 Å². The van der Waals surface area contributed by atoms with E-state index in [2.05, 4.69) is 25.2 Å². The number of alkyl halides is 3. The number of hydrogen-bond donors (Lipinski definition) is 2. The number of pyridine rings is 1. The number of nitrogens with zero attached hydrogens (tertiary/aromatic N) is 3. The predicted molar refractivity (Wildman–Crippen MR) is 125 cm³/mol. The number of H-pyrrole nitrogens is 1. The summed E-state index contributed by atoms with van der Waals surface area (Å²) in [4.78, 5) is 26.9. The van der Waals surface area contributed by atoms with E-state index >= 15 is 0 Å². The minimum absolute atomic E-state index is 0.0405. The number of anilines is 1. The number of aromatic amines is 1. The van der Waals surface area contributed by atoms with Gasteiger partial charge in [0.1, 0.15) is 17.2 Å². The predicted octanol–water partition coefficient (Wildman–Crippen LogP) is 4.73. The number of nitrogens with one attached hydrogen (secondary N) is 2. The topological polar surface area (TPSA) is 83.1 Å². The summed E-state index contributed by atoms with van der Waals surface area (Å²) in [5.41, 5.74) is 1.10. The second kappa shape index (κ2) is 9.47. The van der Waals surface area contributed by atoms with Crippen LogP contribution in [0, 0.1) is 0 Å². The number of carbonyl (C=O) groups excluding carboxylic acids is 1. The van der Waals surface area contributed by atoms with Gasteiger partial charge in [-0.15, -0.1) is 0 Å². The zero-order chi connectivity index (χ0) is 24.4. The first kappa shape index (κ1) is 23.0. The molecule has 0 spiro atoms. The molecule has 1 aliphatic rings. The van der Waals surface area contributed by atoms with Crippen LogP contribution in [-0.2, 0) is 17.5 Å². The number of ether oxygens (including phenoxy) is 1. The number of aromatic nitrogens is 3. The van der Waals surface area contributed by atoms with Gasteiger partial charge in [-0.25, -0.2) is 9.97 Å². The van der Waals surface area contributed by atoms with Crippen LogP contribution in [0.15, 0.2) is 60.8 Å². The van der Waals surface area contributed by atoms with Crippen molar-refractivity contribution in [2.45, 2.75) is 12.7 Å². The van der Waals surface area contributed by atoms with Crippen LogP contribution in [-0.4, -0.2) is 52.1 Å². The van der Waals surface area contributed by atoms with E-state index in [1.807, 2.05) is 6.07 Å². The molecule has 35 heavy (non-hydrogen) atoms. The Morgan fingerprint density at radius 1 is 1.06 bits per heavy atom. The van der Waals surface area contributed by atoms with Crippen LogP contribution < -0.4 is 5.32 Å². The number of carbonyl (C=O) groups is 1. The van der Waals surface area contributed by atoms with Crippen molar-refractivity contribution in [3.63, 3.8) is 0 Å². The SMILES string of the molecule is O=C(Nc1ccc(CN2CCOCC2)cn1)c1cccc2[nH]c(-c3ccccc3C(F)(F)F)nc12. The largest absolute Gasteiger partial charge is 0.417 e. The molecular formula is C25H22F3N5O2. The number of amides is 1. The molecule has 2 aromatic heterocycles. The molecule has 2 N–H and O–H groups in total. The average molecular weight is 481 g/mol. The molecule has 1 aliphatic heterocycles. The molecule has 180 valence electrons. The van der Waals surface area contributed by atoms with Gasteiger partial charge < -0.3 is 15.0 Å². The molecule has 0 radical (unpaired) electrons. The highest BCUT2D eigenvalue weighted by Gasteiger charge is 2.34. The summed E-state index contributed by atoms with van der Waals surface area (Å²) in [5.74, 6) is -0.0409. The minimum Gasteiger partial charge on any atom is -0.379 e. The van der Waals surface area contributed by atoms with E-state index in [1.165, 1.54) is 18.2 Å². The lowest BCUT2D eigenvalue weighted by Gasteiger charge is -2.26. The summed E-state index contributed by atoms with van der Waals surface area (Å²) in [6, 6.07) is 13.7. The number of halogens is 3. The fraction of sp³-hybridized carbons (Fsp3) is 0.240. The molecule has 0 saturated carbocycles. The zero-order valence-electron chi connectivity index (χ0n) is 18.6. The Kier molecular flexibility index (Phi) is 6.23. The number of morpholine rings is 1. The molecule has 7 nitrogen and oxygen atoms in total. The maximum atomic E-state index is 13.5. The van der Waals surface area contributed by atoms with Gasteiger partial charge in [-0.2, -0.15) is 13.2 Å². The molecular weight excluding hydrogens is 459 g/mol. The van der Waals surface area contributed by atoms with Crippen molar-refractivity contribution in [1.29, 1.82) is 0 Å². The molecule has 1 fully saturated rings. The van der Waals surface area contributed by atoms with Gasteiger partial charge in [-0.05, 0) is 29.8 Å². The number of para-hydroxylation sites is 1. The highest BCUT2D eigenvalue weighted by molar-refractivity contribution is 6.11. The Labute approximate surface area is 199 Å². The van der Waals surface area contributed by atoms with Crippen LogP contribution in [0.3, 0.4) is 0 Å². The van der Waals surface area contributed by atoms with E-state index in [0.717, 1.165) is 31.3 Å². The third kappa shape index (κ3) is 5.03. The smallest absolute Gasteiger partial charge is 0.379 e. The highest BCUT2D eigenvalue weighted by atomic mass is 19.4. The standard InChI is InChI=1S/C25H22F3N5O2/c26-25(27,28)19-6-2-1-4-17(19)23-30-20-7-3-5-18(22(20)32-23)24(34)31-21-9-8-16(14-29-21)15-33-10-12-35-13-11-33/h1-9,14H,10-13,15H2,(H,30,32)(H,29,31,34). The van der Waals surface area contributed by atoms with Gasteiger partial charge in [-0.1, -0.05) is 30.3 Å². The van der Waals surface area contributed by atoms with Gasteiger partial charge in [0.2, 0.25) is 0 Å². The number of benzene rings is 2. The Hall–Kier alpha value is -3.76. The molecule has 0 aliphatic carbocycles. The molecule has 0 unspecified atom stereocenters. The summed E-state index contributed by atoms with van der Waals surface area (Å²) in [5, 5.41) is 2.75. The summed E-state index contributed by atoms with van der Waals surface area (Å²) >= 11 is 0. The van der Waals surface area contributed by atoms with E-state index in [4.69, 9.17) is 4.74 Å².